The Labute approximate surface area is 242 Å². The van der Waals surface area contributed by atoms with Crippen LogP contribution in [0.15, 0.2) is 39.4 Å². The smallest absolute Gasteiger partial charge is 0.358 e. The van der Waals surface area contributed by atoms with Crippen LogP contribution >= 0.6 is 34.8 Å². The number of aromatic carboxylic acids is 1. The molecule has 0 amide bonds. The fourth-order valence-electron chi connectivity index (χ4n) is 6.15. The molecule has 4 aromatic rings. The number of esters is 1. The summed E-state index contributed by atoms with van der Waals surface area (Å²) in [6, 6.07) is 8.61. The number of hydrogen-bond acceptors (Lipinski definition) is 8. The number of ether oxygens (including phenoxy) is 1. The lowest BCUT2D eigenvalue weighted by atomic mass is 9.98. The summed E-state index contributed by atoms with van der Waals surface area (Å²) < 4.78 is 17.0. The van der Waals surface area contributed by atoms with Gasteiger partial charge in [0, 0.05) is 42.5 Å². The number of piperidine rings is 1. The van der Waals surface area contributed by atoms with Crippen LogP contribution in [0.2, 0.25) is 15.1 Å². The van der Waals surface area contributed by atoms with Gasteiger partial charge < -0.3 is 23.8 Å². The van der Waals surface area contributed by atoms with E-state index in [2.05, 4.69) is 15.2 Å². The lowest BCUT2D eigenvalue weighted by Crippen LogP contribution is -2.46. The van der Waals surface area contributed by atoms with Crippen molar-refractivity contribution >= 4 is 63.4 Å². The Hall–Kier alpha value is -3.27. The quantitative estimate of drug-likeness (QED) is 0.225. The van der Waals surface area contributed by atoms with Gasteiger partial charge in [-0.3, -0.25) is 0 Å². The normalized spacial score (nSPS) is 22.2. The summed E-state index contributed by atoms with van der Waals surface area (Å²) in [6.45, 7) is 0. The Bertz CT molecular complexity index is 1640. The van der Waals surface area contributed by atoms with E-state index < -0.39 is 11.9 Å². The highest BCUT2D eigenvalue weighted by Gasteiger charge is 2.44. The van der Waals surface area contributed by atoms with Crippen LogP contribution in [-0.2, 0) is 4.74 Å². The first-order valence-corrected chi connectivity index (χ1v) is 14.2. The van der Waals surface area contributed by atoms with E-state index in [9.17, 15) is 14.7 Å². The molecule has 2 saturated heterocycles. The zero-order valence-corrected chi connectivity index (χ0v) is 23.2. The number of fused-ring (bicyclic) bond motifs is 3. The SMILES string of the molecule is O=C(OC1C[C@H]2CC[C@@H](C1)N2c1cc2onc(C(=O)O)c2cc1Cl)c1c(-c2c(Cl)cccc2Cl)noc1C1CC1. The van der Waals surface area contributed by atoms with Crippen LogP contribution in [0.1, 0.15) is 71.0 Å². The Balaban J connectivity index is 1.15. The highest BCUT2D eigenvalue weighted by molar-refractivity contribution is 6.39. The first kappa shape index (κ1) is 25.7. The zero-order valence-electron chi connectivity index (χ0n) is 20.9. The molecule has 9 nitrogen and oxygen atoms in total. The summed E-state index contributed by atoms with van der Waals surface area (Å²) >= 11 is 19.5. The number of hydrogen-bond donors (Lipinski definition) is 1. The number of rotatable bonds is 6. The van der Waals surface area contributed by atoms with Crippen LogP contribution in [0.25, 0.3) is 22.2 Å². The molecule has 7 rings (SSSR count). The maximum Gasteiger partial charge on any atom is 0.358 e. The van der Waals surface area contributed by atoms with Crippen LogP contribution in [-0.4, -0.2) is 45.5 Å². The monoisotopic (exact) mass is 601 g/mol. The van der Waals surface area contributed by atoms with Gasteiger partial charge in [0.1, 0.15) is 17.4 Å². The third kappa shape index (κ3) is 4.22. The lowest BCUT2D eigenvalue weighted by Gasteiger charge is -2.40. The van der Waals surface area contributed by atoms with Crippen LogP contribution in [0.3, 0.4) is 0 Å². The van der Waals surface area contributed by atoms with E-state index in [0.29, 0.717) is 61.5 Å². The van der Waals surface area contributed by atoms with Gasteiger partial charge in [-0.2, -0.15) is 0 Å². The number of carboxylic acid groups (broad SMARTS) is 1. The molecule has 1 N–H and O–H groups in total. The molecule has 1 saturated carbocycles. The summed E-state index contributed by atoms with van der Waals surface area (Å²) in [5.41, 5.74) is 1.98. The van der Waals surface area contributed by atoms with Gasteiger partial charge in [-0.25, -0.2) is 9.59 Å². The van der Waals surface area contributed by atoms with Crippen molar-refractivity contribution in [3.8, 4) is 11.3 Å². The van der Waals surface area contributed by atoms with E-state index in [4.69, 9.17) is 48.6 Å². The van der Waals surface area contributed by atoms with Crippen molar-refractivity contribution < 1.29 is 28.5 Å². The molecule has 2 aromatic carbocycles. The molecule has 0 radical (unpaired) electrons. The molecule has 1 unspecified atom stereocenters. The van der Waals surface area contributed by atoms with Crippen molar-refractivity contribution in [3.05, 3.63) is 62.4 Å². The van der Waals surface area contributed by atoms with Gasteiger partial charge in [0.15, 0.2) is 17.0 Å². The second-order valence-electron chi connectivity index (χ2n) is 10.6. The fourth-order valence-corrected chi connectivity index (χ4v) is 6.98. The molecule has 0 spiro atoms. The number of nitrogens with zero attached hydrogens (tertiary/aromatic N) is 3. The number of carbonyl (C=O) groups excluding carboxylic acids is 1. The van der Waals surface area contributed by atoms with Crippen LogP contribution in [0.5, 0.6) is 0 Å². The molecular weight excluding hydrogens is 581 g/mol. The Morgan fingerprint density at radius 3 is 2.30 bits per heavy atom. The number of anilines is 1. The molecule has 3 fully saturated rings. The Morgan fingerprint density at radius 2 is 1.65 bits per heavy atom. The predicted molar refractivity (Wildman–Crippen MR) is 148 cm³/mol. The summed E-state index contributed by atoms with van der Waals surface area (Å²) in [5, 5.41) is 18.8. The molecule has 2 aromatic heterocycles. The molecule has 4 heterocycles. The standard InChI is InChI=1S/C28H22Cl3N3O6/c29-17-2-1-3-18(30)22(17)25-23(26(40-33-25)12-4-5-12)28(37)38-15-8-13-6-7-14(9-15)34(13)20-11-21-16(10-19(20)31)24(27(35)36)32-39-21/h1-3,10-15H,4-9H2,(H,35,36)/t13-,14+,15?. The molecule has 2 aliphatic heterocycles. The van der Waals surface area contributed by atoms with Gasteiger partial charge in [0.25, 0.3) is 0 Å². The van der Waals surface area contributed by atoms with E-state index in [-0.39, 0.29) is 29.8 Å². The van der Waals surface area contributed by atoms with Crippen molar-refractivity contribution in [1.29, 1.82) is 0 Å². The number of carbonyl (C=O) groups is 2. The van der Waals surface area contributed by atoms with Gasteiger partial charge in [-0.05, 0) is 43.9 Å². The minimum atomic E-state index is -1.18. The van der Waals surface area contributed by atoms with E-state index in [0.717, 1.165) is 31.4 Å². The number of aromatic nitrogens is 2. The van der Waals surface area contributed by atoms with E-state index in [1.54, 1.807) is 30.3 Å². The van der Waals surface area contributed by atoms with Crippen LogP contribution < -0.4 is 4.90 Å². The predicted octanol–water partition coefficient (Wildman–Crippen LogP) is 7.38. The Morgan fingerprint density at radius 1 is 0.950 bits per heavy atom. The van der Waals surface area contributed by atoms with Gasteiger partial charge in [0.2, 0.25) is 0 Å². The van der Waals surface area contributed by atoms with Crippen molar-refractivity contribution in [3.63, 3.8) is 0 Å². The highest BCUT2D eigenvalue weighted by Crippen LogP contribution is 2.47. The van der Waals surface area contributed by atoms with Crippen LogP contribution in [0.4, 0.5) is 5.69 Å². The molecule has 3 aliphatic rings. The molecule has 12 heteroatoms. The molecule has 3 atom stereocenters. The summed E-state index contributed by atoms with van der Waals surface area (Å²) in [4.78, 5) is 27.4. The molecular formula is C28H22Cl3N3O6. The number of halogens is 3. The zero-order chi connectivity index (χ0) is 27.7. The number of carboxylic acids is 1. The third-order valence-electron chi connectivity index (χ3n) is 8.05. The third-order valence-corrected chi connectivity index (χ3v) is 8.99. The average molecular weight is 603 g/mol. The minimum Gasteiger partial charge on any atom is -0.476 e. The summed E-state index contributed by atoms with van der Waals surface area (Å²) in [7, 11) is 0. The van der Waals surface area contributed by atoms with E-state index >= 15 is 0 Å². The topological polar surface area (TPSA) is 119 Å². The summed E-state index contributed by atoms with van der Waals surface area (Å²) in [6.07, 6.45) is 4.55. The van der Waals surface area contributed by atoms with E-state index in [1.165, 1.54) is 0 Å². The first-order valence-electron chi connectivity index (χ1n) is 13.1. The molecule has 40 heavy (non-hydrogen) atoms. The van der Waals surface area contributed by atoms with Crippen molar-refractivity contribution in [2.75, 3.05) is 4.90 Å². The Kier molecular flexibility index (Phi) is 6.21. The first-order chi connectivity index (χ1) is 19.3. The molecule has 1 aliphatic carbocycles. The fraction of sp³-hybridized carbons (Fsp3) is 0.357. The maximum atomic E-state index is 13.7. The molecule has 206 valence electrons. The van der Waals surface area contributed by atoms with Crippen LogP contribution in [0, 0.1) is 0 Å². The van der Waals surface area contributed by atoms with E-state index in [1.807, 2.05) is 0 Å². The van der Waals surface area contributed by atoms with Gasteiger partial charge in [-0.15, -0.1) is 0 Å². The van der Waals surface area contributed by atoms with Crippen molar-refractivity contribution in [1.82, 2.24) is 10.3 Å². The second-order valence-corrected chi connectivity index (χ2v) is 11.8. The second kappa shape index (κ2) is 9.68. The van der Waals surface area contributed by atoms with Crippen molar-refractivity contribution in [2.24, 2.45) is 0 Å². The number of benzene rings is 2. The van der Waals surface area contributed by atoms with Gasteiger partial charge >= 0.3 is 11.9 Å². The highest BCUT2D eigenvalue weighted by atomic mass is 35.5. The minimum absolute atomic E-state index is 0.0798. The average Bonchev–Trinajstić information content (AvgIpc) is 3.43. The summed E-state index contributed by atoms with van der Waals surface area (Å²) in [5.74, 6) is -1.03. The van der Waals surface area contributed by atoms with Crippen molar-refractivity contribution in [2.45, 2.75) is 62.6 Å². The van der Waals surface area contributed by atoms with Gasteiger partial charge in [-0.1, -0.05) is 51.2 Å². The molecule has 2 bridgehead atoms. The maximum absolute atomic E-state index is 13.7. The lowest BCUT2D eigenvalue weighted by molar-refractivity contribution is 0.0202. The largest absolute Gasteiger partial charge is 0.476 e. The van der Waals surface area contributed by atoms with Gasteiger partial charge in [0.05, 0.1) is 26.1 Å².